The van der Waals surface area contributed by atoms with Crippen molar-refractivity contribution >= 4 is 11.4 Å². The smallest absolute Gasteiger partial charge is 0.136 e. The van der Waals surface area contributed by atoms with Crippen molar-refractivity contribution < 1.29 is 4.55 Å². The Balaban J connectivity index is 1.73. The lowest BCUT2D eigenvalue weighted by molar-refractivity contribution is 0.248. The number of hydrogen-bond acceptors (Lipinski definition) is 3. The van der Waals surface area contributed by atoms with Crippen LogP contribution in [0.2, 0.25) is 0 Å². The summed E-state index contributed by atoms with van der Waals surface area (Å²) in [6.07, 6.45) is 6.00. The zero-order chi connectivity index (χ0) is 16.4. The molecule has 3 rings (SSSR count). The first-order valence-corrected chi connectivity index (χ1v) is 10.0. The van der Waals surface area contributed by atoms with E-state index in [1.165, 1.54) is 31.2 Å². The van der Waals surface area contributed by atoms with E-state index in [-0.39, 0.29) is 4.75 Å². The number of rotatable bonds is 5. The van der Waals surface area contributed by atoms with Gasteiger partial charge in [-0.3, -0.25) is 0 Å². The summed E-state index contributed by atoms with van der Waals surface area (Å²) in [7, 11) is 0. The highest BCUT2D eigenvalue weighted by atomic mass is 32.2. The molecule has 2 bridgehead atoms. The van der Waals surface area contributed by atoms with Gasteiger partial charge in [0.25, 0.3) is 0 Å². The molecular weight excluding hydrogens is 304 g/mol. The summed E-state index contributed by atoms with van der Waals surface area (Å²) < 4.78 is 15.9. The van der Waals surface area contributed by atoms with E-state index in [1.807, 2.05) is 20.8 Å². The zero-order valence-electron chi connectivity index (χ0n) is 14.5. The summed E-state index contributed by atoms with van der Waals surface area (Å²) >= 11 is -1.02. The van der Waals surface area contributed by atoms with Crippen LogP contribution in [0.5, 0.6) is 0 Å². The van der Waals surface area contributed by atoms with E-state index in [4.69, 9.17) is 0 Å². The Morgan fingerprint density at radius 3 is 2.35 bits per heavy atom. The van der Waals surface area contributed by atoms with Crippen molar-refractivity contribution in [2.45, 2.75) is 75.7 Å². The molecule has 2 heterocycles. The first-order chi connectivity index (χ1) is 10.9. The van der Waals surface area contributed by atoms with Crippen LogP contribution in [0.3, 0.4) is 0 Å². The molecule has 0 amide bonds. The van der Waals surface area contributed by atoms with Crippen LogP contribution in [0, 0.1) is 5.92 Å². The fourth-order valence-corrected chi connectivity index (χ4v) is 4.82. The van der Waals surface area contributed by atoms with Crippen molar-refractivity contribution in [3.8, 4) is 0 Å². The second-order valence-corrected chi connectivity index (χ2v) is 10.2. The summed E-state index contributed by atoms with van der Waals surface area (Å²) in [6, 6.07) is 12.3. The molecule has 3 nitrogen and oxygen atoms in total. The molecule has 0 radical (unpaired) electrons. The van der Waals surface area contributed by atoms with Gasteiger partial charge in [0, 0.05) is 23.4 Å². The molecule has 2 aliphatic rings. The monoisotopic (exact) mass is 334 g/mol. The molecule has 0 unspecified atom stereocenters. The normalized spacial score (nSPS) is 30.2. The number of piperidine rings is 1. The van der Waals surface area contributed by atoms with Gasteiger partial charge >= 0.3 is 0 Å². The third-order valence-electron chi connectivity index (χ3n) is 5.19. The van der Waals surface area contributed by atoms with Gasteiger partial charge in [-0.15, -0.1) is 4.72 Å². The number of benzene rings is 1. The van der Waals surface area contributed by atoms with Gasteiger partial charge in [0.1, 0.15) is 4.75 Å². The highest BCUT2D eigenvalue weighted by molar-refractivity contribution is 7.90. The maximum Gasteiger partial charge on any atom is 0.136 e. The van der Waals surface area contributed by atoms with E-state index < -0.39 is 11.4 Å². The predicted octanol–water partition coefficient (Wildman–Crippen LogP) is 3.18. The third kappa shape index (κ3) is 4.50. The molecule has 0 saturated carbocycles. The van der Waals surface area contributed by atoms with Crippen LogP contribution >= 0.6 is 0 Å². The minimum Gasteiger partial charge on any atom is -0.598 e. The Morgan fingerprint density at radius 1 is 1.17 bits per heavy atom. The van der Waals surface area contributed by atoms with Gasteiger partial charge in [0.05, 0.1) is 6.04 Å². The lowest BCUT2D eigenvalue weighted by atomic mass is 9.84. The van der Waals surface area contributed by atoms with Crippen molar-refractivity contribution in [3.05, 3.63) is 35.9 Å². The Kier molecular flexibility index (Phi) is 5.36. The number of nitrogens with one attached hydrogen (secondary N) is 2. The van der Waals surface area contributed by atoms with E-state index in [0.717, 1.165) is 6.42 Å². The summed E-state index contributed by atoms with van der Waals surface area (Å²) in [6.45, 7) is 6.13. The van der Waals surface area contributed by atoms with Crippen molar-refractivity contribution in [2.75, 3.05) is 0 Å². The van der Waals surface area contributed by atoms with Crippen LogP contribution in [-0.2, 0) is 17.8 Å². The molecule has 2 saturated heterocycles. The minimum absolute atomic E-state index is 0.221. The van der Waals surface area contributed by atoms with Crippen LogP contribution in [-0.4, -0.2) is 27.4 Å². The predicted molar refractivity (Wildman–Crippen MR) is 97.6 cm³/mol. The minimum atomic E-state index is -1.02. The van der Waals surface area contributed by atoms with E-state index in [2.05, 4.69) is 40.4 Å². The Hall–Kier alpha value is -0.550. The third-order valence-corrected chi connectivity index (χ3v) is 6.82. The van der Waals surface area contributed by atoms with E-state index in [1.54, 1.807) is 0 Å². The Labute approximate surface area is 143 Å². The lowest BCUT2D eigenvalue weighted by Crippen LogP contribution is -2.52. The van der Waals surface area contributed by atoms with Gasteiger partial charge in [0.2, 0.25) is 0 Å². The quantitative estimate of drug-likeness (QED) is 0.813. The van der Waals surface area contributed by atoms with Crippen LogP contribution in [0.4, 0.5) is 0 Å². The number of fused-ring (bicyclic) bond motifs is 2. The maximum absolute atomic E-state index is 12.7. The van der Waals surface area contributed by atoms with Gasteiger partial charge in [0.15, 0.2) is 0 Å². The van der Waals surface area contributed by atoms with Gasteiger partial charge < -0.3 is 9.87 Å². The Morgan fingerprint density at radius 2 is 1.78 bits per heavy atom. The van der Waals surface area contributed by atoms with E-state index in [9.17, 15) is 4.55 Å². The molecular formula is C19H30N2OS. The fourth-order valence-electron chi connectivity index (χ4n) is 3.92. The topological polar surface area (TPSA) is 47.1 Å². The van der Waals surface area contributed by atoms with Crippen LogP contribution in [0.15, 0.2) is 30.3 Å². The average Bonchev–Trinajstić information content (AvgIpc) is 2.85. The van der Waals surface area contributed by atoms with Gasteiger partial charge in [-0.25, -0.2) is 0 Å². The highest BCUT2D eigenvalue weighted by Gasteiger charge is 2.39. The largest absolute Gasteiger partial charge is 0.598 e. The van der Waals surface area contributed by atoms with Crippen LogP contribution in [0.25, 0.3) is 0 Å². The van der Waals surface area contributed by atoms with Gasteiger partial charge in [-0.1, -0.05) is 30.3 Å². The summed E-state index contributed by atoms with van der Waals surface area (Å²) in [4.78, 5) is 0. The van der Waals surface area contributed by atoms with Crippen molar-refractivity contribution in [1.29, 1.82) is 0 Å². The molecule has 23 heavy (non-hydrogen) atoms. The first kappa shape index (κ1) is 17.3. The summed E-state index contributed by atoms with van der Waals surface area (Å²) in [5, 5.41) is 3.72. The highest BCUT2D eigenvalue weighted by Crippen LogP contribution is 2.34. The maximum atomic E-state index is 12.7. The fraction of sp³-hybridized carbons (Fsp3) is 0.684. The molecule has 128 valence electrons. The Bertz CT molecular complexity index is 490. The average molecular weight is 335 g/mol. The van der Waals surface area contributed by atoms with E-state index in [0.29, 0.717) is 24.0 Å². The van der Waals surface area contributed by atoms with E-state index >= 15 is 0 Å². The number of hydrogen-bond donors (Lipinski definition) is 2. The van der Waals surface area contributed by atoms with Gasteiger partial charge in [-0.2, -0.15) is 0 Å². The second kappa shape index (κ2) is 7.14. The summed E-state index contributed by atoms with van der Waals surface area (Å²) in [5.74, 6) is 0.611. The standard InChI is InChI=1S/C19H30N2OS/c1-19(2,3)23(22)21-18(11-14-7-5-4-6-8-14)15-12-16-9-10-17(13-15)20-16/h4-8,15-18,20-21H,9-13H2,1-3H3/t15-,16-,17+,18-,23-/m0/s1. The van der Waals surface area contributed by atoms with Crippen molar-refractivity contribution in [2.24, 2.45) is 5.92 Å². The molecule has 5 atom stereocenters. The molecule has 0 spiro atoms. The molecule has 0 aromatic heterocycles. The van der Waals surface area contributed by atoms with Gasteiger partial charge in [-0.05, 0) is 64.4 Å². The van der Waals surface area contributed by atoms with Crippen molar-refractivity contribution in [1.82, 2.24) is 10.0 Å². The van der Waals surface area contributed by atoms with Crippen molar-refractivity contribution in [3.63, 3.8) is 0 Å². The molecule has 1 aromatic carbocycles. The van der Waals surface area contributed by atoms with Crippen LogP contribution < -0.4 is 10.0 Å². The molecule has 2 N–H and O–H groups in total. The molecule has 1 aromatic rings. The second-order valence-electron chi connectivity index (χ2n) is 8.16. The zero-order valence-corrected chi connectivity index (χ0v) is 15.4. The summed E-state index contributed by atoms with van der Waals surface area (Å²) in [5.41, 5.74) is 1.33. The molecule has 4 heteroatoms. The molecule has 2 fully saturated rings. The van der Waals surface area contributed by atoms with Crippen LogP contribution in [0.1, 0.15) is 52.0 Å². The lowest BCUT2D eigenvalue weighted by Gasteiger charge is -2.37. The molecule has 0 aliphatic carbocycles. The first-order valence-electron chi connectivity index (χ1n) is 8.90. The molecule has 2 aliphatic heterocycles. The SMILES string of the molecule is CC(C)(C)[S@+]([O-])N[C@@H](Cc1ccccc1)[C@@H]1C[C@H]2CC[C@@H](C1)N2.